The fraction of sp³-hybridized carbons (Fsp3) is 0.231. The van der Waals surface area contributed by atoms with Crippen LogP contribution in [0.3, 0.4) is 0 Å². The highest BCUT2D eigenvalue weighted by Crippen LogP contribution is 2.21. The van der Waals surface area contributed by atoms with Crippen molar-refractivity contribution in [2.75, 3.05) is 11.9 Å². The Morgan fingerprint density at radius 2 is 2.14 bits per heavy atom. The lowest BCUT2D eigenvalue weighted by atomic mass is 10.2. The Kier molecular flexibility index (Phi) is 4.54. The van der Waals surface area contributed by atoms with Crippen molar-refractivity contribution >= 4 is 29.2 Å². The molecule has 8 heteroatoms. The van der Waals surface area contributed by atoms with Crippen LogP contribution < -0.4 is 5.32 Å². The lowest BCUT2D eigenvalue weighted by molar-refractivity contribution is 0.0527. The number of anilines is 1. The highest BCUT2D eigenvalue weighted by Gasteiger charge is 2.20. The molecule has 0 aromatic carbocycles. The molecule has 110 valence electrons. The monoisotopic (exact) mass is 308 g/mol. The molecular weight excluding hydrogens is 296 g/mol. The second kappa shape index (κ2) is 6.36. The number of carbonyl (C=O) groups excluding carboxylic acids is 2. The number of nitrogens with one attached hydrogen (secondary N) is 2. The Morgan fingerprint density at radius 3 is 2.76 bits per heavy atom. The minimum absolute atomic E-state index is 0.0908. The summed E-state index contributed by atoms with van der Waals surface area (Å²) in [5.74, 6) is -1.00. The van der Waals surface area contributed by atoms with Gasteiger partial charge >= 0.3 is 5.97 Å². The fourth-order valence-electron chi connectivity index (χ4n) is 1.71. The van der Waals surface area contributed by atoms with Crippen molar-refractivity contribution < 1.29 is 14.3 Å². The average Bonchev–Trinajstić information content (AvgIpc) is 2.80. The molecule has 7 nitrogen and oxygen atoms in total. The standard InChI is InChI=1S/C13H13ClN4O3/c1-3-21-13(20)11-7(2)15-4-8(11)18-12(19)9-5-17-10(14)6-16-9/h4-6,15H,3H2,1-2H3,(H,18,19). The summed E-state index contributed by atoms with van der Waals surface area (Å²) in [6, 6.07) is 0. The van der Waals surface area contributed by atoms with Crippen LogP contribution in [0.2, 0.25) is 5.15 Å². The average molecular weight is 309 g/mol. The molecule has 2 aromatic rings. The first kappa shape index (κ1) is 15.0. The van der Waals surface area contributed by atoms with Crippen molar-refractivity contribution in [3.63, 3.8) is 0 Å². The first-order valence-corrected chi connectivity index (χ1v) is 6.54. The maximum Gasteiger partial charge on any atom is 0.342 e. The van der Waals surface area contributed by atoms with Crippen LogP contribution in [-0.2, 0) is 4.74 Å². The summed E-state index contributed by atoms with van der Waals surface area (Å²) in [5.41, 5.74) is 1.30. The third-order valence-electron chi connectivity index (χ3n) is 2.66. The van der Waals surface area contributed by atoms with Gasteiger partial charge in [-0.3, -0.25) is 4.79 Å². The van der Waals surface area contributed by atoms with Crippen LogP contribution >= 0.6 is 11.6 Å². The number of carbonyl (C=O) groups is 2. The van der Waals surface area contributed by atoms with Gasteiger partial charge in [-0.15, -0.1) is 0 Å². The molecule has 1 amide bonds. The van der Waals surface area contributed by atoms with Crippen molar-refractivity contribution in [3.05, 3.63) is 40.7 Å². The van der Waals surface area contributed by atoms with Crippen LogP contribution in [-0.4, -0.2) is 33.4 Å². The highest BCUT2D eigenvalue weighted by molar-refractivity contribution is 6.29. The Bertz CT molecular complexity index is 667. The summed E-state index contributed by atoms with van der Waals surface area (Å²) in [6.07, 6.45) is 4.04. The molecule has 0 fully saturated rings. The predicted octanol–water partition coefficient (Wildman–Crippen LogP) is 2.20. The van der Waals surface area contributed by atoms with E-state index < -0.39 is 11.9 Å². The van der Waals surface area contributed by atoms with Crippen molar-refractivity contribution in [1.29, 1.82) is 0 Å². The molecule has 0 aliphatic heterocycles. The van der Waals surface area contributed by atoms with Crippen molar-refractivity contribution in [2.45, 2.75) is 13.8 Å². The summed E-state index contributed by atoms with van der Waals surface area (Å²) >= 11 is 5.61. The summed E-state index contributed by atoms with van der Waals surface area (Å²) in [6.45, 7) is 3.67. The number of aryl methyl sites for hydroxylation is 1. The van der Waals surface area contributed by atoms with E-state index in [0.717, 1.165) is 0 Å². The molecule has 0 radical (unpaired) electrons. The Morgan fingerprint density at radius 1 is 1.38 bits per heavy atom. The number of aromatic amines is 1. The molecule has 0 saturated heterocycles. The first-order valence-electron chi connectivity index (χ1n) is 6.17. The van der Waals surface area contributed by atoms with Gasteiger partial charge in [0, 0.05) is 11.9 Å². The van der Waals surface area contributed by atoms with Crippen LogP contribution in [0.25, 0.3) is 0 Å². The normalized spacial score (nSPS) is 10.2. The summed E-state index contributed by atoms with van der Waals surface area (Å²) in [7, 11) is 0. The van der Waals surface area contributed by atoms with Crippen LogP contribution in [0.4, 0.5) is 5.69 Å². The third-order valence-corrected chi connectivity index (χ3v) is 2.85. The third kappa shape index (κ3) is 3.38. The van der Waals surface area contributed by atoms with Gasteiger partial charge in [0.2, 0.25) is 0 Å². The maximum absolute atomic E-state index is 12.0. The highest BCUT2D eigenvalue weighted by atomic mass is 35.5. The fourth-order valence-corrected chi connectivity index (χ4v) is 1.81. The van der Waals surface area contributed by atoms with Gasteiger partial charge in [-0.25, -0.2) is 14.8 Å². The van der Waals surface area contributed by atoms with Crippen molar-refractivity contribution in [2.24, 2.45) is 0 Å². The number of aromatic nitrogens is 3. The van der Waals surface area contributed by atoms with E-state index in [-0.39, 0.29) is 23.0 Å². The molecule has 0 saturated carbocycles. The van der Waals surface area contributed by atoms with E-state index >= 15 is 0 Å². The molecule has 0 spiro atoms. The minimum Gasteiger partial charge on any atom is -0.462 e. The molecule has 0 atom stereocenters. The molecule has 0 unspecified atom stereocenters. The van der Waals surface area contributed by atoms with Crippen molar-refractivity contribution in [1.82, 2.24) is 15.0 Å². The van der Waals surface area contributed by atoms with E-state index in [2.05, 4.69) is 20.3 Å². The number of esters is 1. The van der Waals surface area contributed by atoms with E-state index in [9.17, 15) is 9.59 Å². The number of H-pyrrole nitrogens is 1. The van der Waals surface area contributed by atoms with Gasteiger partial charge < -0.3 is 15.0 Å². The SMILES string of the molecule is CCOC(=O)c1c(NC(=O)c2cnc(Cl)cn2)c[nH]c1C. The summed E-state index contributed by atoms with van der Waals surface area (Å²) in [5, 5.41) is 2.78. The molecule has 0 bridgehead atoms. The van der Waals surface area contributed by atoms with E-state index in [4.69, 9.17) is 16.3 Å². The summed E-state index contributed by atoms with van der Waals surface area (Å²) in [4.78, 5) is 34.4. The number of rotatable bonds is 4. The Hall–Kier alpha value is -2.41. The number of hydrogen-bond acceptors (Lipinski definition) is 5. The lowest BCUT2D eigenvalue weighted by Gasteiger charge is -2.06. The van der Waals surface area contributed by atoms with Crippen molar-refractivity contribution in [3.8, 4) is 0 Å². The van der Waals surface area contributed by atoms with Gasteiger partial charge in [0.25, 0.3) is 5.91 Å². The van der Waals surface area contributed by atoms with Crippen LogP contribution in [0, 0.1) is 6.92 Å². The zero-order valence-electron chi connectivity index (χ0n) is 11.4. The van der Waals surface area contributed by atoms with Gasteiger partial charge in [-0.2, -0.15) is 0 Å². The van der Waals surface area contributed by atoms with Gasteiger partial charge in [0.15, 0.2) is 0 Å². The number of amides is 1. The van der Waals surface area contributed by atoms with Gasteiger partial charge in [-0.1, -0.05) is 11.6 Å². The van der Waals surface area contributed by atoms with Gasteiger partial charge in [0.1, 0.15) is 16.4 Å². The van der Waals surface area contributed by atoms with E-state index in [1.807, 2.05) is 0 Å². The largest absolute Gasteiger partial charge is 0.462 e. The molecule has 2 heterocycles. The van der Waals surface area contributed by atoms with Crippen LogP contribution in [0.15, 0.2) is 18.6 Å². The Labute approximate surface area is 125 Å². The Balaban J connectivity index is 2.22. The molecular formula is C13H13ClN4O3. The smallest absolute Gasteiger partial charge is 0.342 e. The maximum atomic E-state index is 12.0. The molecule has 0 aliphatic rings. The van der Waals surface area contributed by atoms with E-state index in [1.165, 1.54) is 18.6 Å². The predicted molar refractivity (Wildman–Crippen MR) is 76.5 cm³/mol. The minimum atomic E-state index is -0.506. The molecule has 2 N–H and O–H groups in total. The lowest BCUT2D eigenvalue weighted by Crippen LogP contribution is -2.16. The van der Waals surface area contributed by atoms with E-state index in [0.29, 0.717) is 11.4 Å². The molecule has 21 heavy (non-hydrogen) atoms. The molecule has 0 aliphatic carbocycles. The zero-order chi connectivity index (χ0) is 15.4. The van der Waals surface area contributed by atoms with Crippen LogP contribution in [0.5, 0.6) is 0 Å². The van der Waals surface area contributed by atoms with Gasteiger partial charge in [0.05, 0.1) is 24.7 Å². The first-order chi connectivity index (χ1) is 10.0. The topological polar surface area (TPSA) is 97.0 Å². The second-order valence-corrected chi connectivity index (χ2v) is 4.49. The second-order valence-electron chi connectivity index (χ2n) is 4.10. The van der Waals surface area contributed by atoms with Gasteiger partial charge in [-0.05, 0) is 13.8 Å². The number of nitrogens with zero attached hydrogens (tertiary/aromatic N) is 2. The molecule has 2 aromatic heterocycles. The number of hydrogen-bond donors (Lipinski definition) is 2. The van der Waals surface area contributed by atoms with Crippen LogP contribution in [0.1, 0.15) is 33.5 Å². The quantitative estimate of drug-likeness (QED) is 0.844. The summed E-state index contributed by atoms with van der Waals surface area (Å²) < 4.78 is 4.96. The molecule has 2 rings (SSSR count). The van der Waals surface area contributed by atoms with E-state index in [1.54, 1.807) is 13.8 Å². The number of halogens is 1. The number of ether oxygens (including phenoxy) is 1. The zero-order valence-corrected chi connectivity index (χ0v) is 12.2.